The summed E-state index contributed by atoms with van der Waals surface area (Å²) in [6, 6.07) is 12.9. The van der Waals surface area contributed by atoms with E-state index in [9.17, 15) is 0 Å². The summed E-state index contributed by atoms with van der Waals surface area (Å²) in [5.74, 6) is 0. The van der Waals surface area contributed by atoms with Gasteiger partial charge in [-0.15, -0.1) is 0 Å². The minimum absolute atomic E-state index is 0.117. The fourth-order valence-corrected chi connectivity index (χ4v) is 3.20. The molecule has 0 amide bonds. The van der Waals surface area contributed by atoms with Crippen molar-refractivity contribution in [3.63, 3.8) is 0 Å². The van der Waals surface area contributed by atoms with E-state index in [1.54, 1.807) is 6.20 Å². The van der Waals surface area contributed by atoms with Gasteiger partial charge in [0.2, 0.25) is 0 Å². The van der Waals surface area contributed by atoms with Gasteiger partial charge < -0.3 is 15.0 Å². The van der Waals surface area contributed by atoms with Crippen LogP contribution in [0.5, 0.6) is 0 Å². The quantitative estimate of drug-likeness (QED) is 0.936. The smallest absolute Gasteiger partial charge is 0.129 e. The van der Waals surface area contributed by atoms with E-state index in [2.05, 4.69) is 56.6 Å². The van der Waals surface area contributed by atoms with Crippen molar-refractivity contribution in [2.24, 2.45) is 0 Å². The highest BCUT2D eigenvalue weighted by Gasteiger charge is 2.22. The van der Waals surface area contributed by atoms with E-state index >= 15 is 0 Å². The zero-order valence-electron chi connectivity index (χ0n) is 13.6. The van der Waals surface area contributed by atoms with E-state index in [1.807, 2.05) is 18.5 Å². The molecule has 0 bridgehead atoms. The van der Waals surface area contributed by atoms with Crippen LogP contribution in [0.2, 0.25) is 0 Å². The fourth-order valence-electron chi connectivity index (χ4n) is 3.20. The Morgan fingerprint density at radius 2 is 1.96 bits per heavy atom. The molecule has 1 atom stereocenters. The third-order valence-corrected chi connectivity index (χ3v) is 4.52. The van der Waals surface area contributed by atoms with Gasteiger partial charge in [0, 0.05) is 38.2 Å². The Hall–Kier alpha value is -2.37. The highest BCUT2D eigenvalue weighted by molar-refractivity contribution is 5.51. The molecule has 1 N–H and O–H groups in total. The van der Waals surface area contributed by atoms with Crippen molar-refractivity contribution in [3.8, 4) is 0 Å². The van der Waals surface area contributed by atoms with Gasteiger partial charge in [0.15, 0.2) is 0 Å². The highest BCUT2D eigenvalue weighted by atomic mass is 16.5. The van der Waals surface area contributed by atoms with Gasteiger partial charge in [-0.1, -0.05) is 24.3 Å². The normalized spacial score (nSPS) is 21.0. The van der Waals surface area contributed by atoms with Gasteiger partial charge in [-0.3, -0.25) is 9.88 Å². The van der Waals surface area contributed by atoms with Crippen molar-refractivity contribution < 1.29 is 4.74 Å². The lowest BCUT2D eigenvalue weighted by Gasteiger charge is -2.27. The van der Waals surface area contributed by atoms with Crippen molar-refractivity contribution in [3.05, 3.63) is 72.3 Å². The molecule has 5 heteroatoms. The Bertz CT molecular complexity index is 680. The van der Waals surface area contributed by atoms with Crippen LogP contribution >= 0.6 is 0 Å². The summed E-state index contributed by atoms with van der Waals surface area (Å²) in [5.41, 5.74) is 3.68. The van der Waals surface area contributed by atoms with Gasteiger partial charge in [0.1, 0.15) is 6.17 Å². The maximum atomic E-state index is 5.41. The molecular weight excluding hydrogens is 300 g/mol. The second-order valence-corrected chi connectivity index (χ2v) is 6.13. The summed E-state index contributed by atoms with van der Waals surface area (Å²) in [6.07, 6.45) is 7.85. The average Bonchev–Trinajstić information content (AvgIpc) is 3.14. The number of morpholine rings is 1. The van der Waals surface area contributed by atoms with Crippen molar-refractivity contribution in [2.75, 3.05) is 31.2 Å². The van der Waals surface area contributed by atoms with Gasteiger partial charge in [-0.25, -0.2) is 0 Å². The first-order chi connectivity index (χ1) is 11.9. The summed E-state index contributed by atoms with van der Waals surface area (Å²) in [5, 5.41) is 3.41. The number of benzene rings is 1. The zero-order chi connectivity index (χ0) is 16.2. The monoisotopic (exact) mass is 322 g/mol. The van der Waals surface area contributed by atoms with Gasteiger partial charge in [0.05, 0.1) is 25.1 Å². The third kappa shape index (κ3) is 3.27. The summed E-state index contributed by atoms with van der Waals surface area (Å²) >= 11 is 0. The molecule has 3 heterocycles. The molecule has 124 valence electrons. The van der Waals surface area contributed by atoms with E-state index < -0.39 is 0 Å². The molecule has 1 aromatic heterocycles. The fraction of sp³-hybridized carbons (Fsp3) is 0.316. The molecule has 24 heavy (non-hydrogen) atoms. The largest absolute Gasteiger partial charge is 0.379 e. The van der Waals surface area contributed by atoms with Crippen LogP contribution in [0.3, 0.4) is 0 Å². The van der Waals surface area contributed by atoms with Crippen molar-refractivity contribution >= 4 is 5.69 Å². The maximum Gasteiger partial charge on any atom is 0.129 e. The summed E-state index contributed by atoms with van der Waals surface area (Å²) < 4.78 is 5.41. The Balaban J connectivity index is 1.46. The lowest BCUT2D eigenvalue weighted by atomic mass is 10.1. The first kappa shape index (κ1) is 15.2. The van der Waals surface area contributed by atoms with E-state index in [0.29, 0.717) is 0 Å². The van der Waals surface area contributed by atoms with Gasteiger partial charge in [-0.05, 0) is 23.3 Å². The van der Waals surface area contributed by atoms with Crippen molar-refractivity contribution in [2.45, 2.75) is 12.7 Å². The maximum absolute atomic E-state index is 5.41. The first-order valence-electron chi connectivity index (χ1n) is 8.40. The van der Waals surface area contributed by atoms with Gasteiger partial charge in [-0.2, -0.15) is 0 Å². The summed E-state index contributed by atoms with van der Waals surface area (Å²) in [4.78, 5) is 8.86. The zero-order valence-corrected chi connectivity index (χ0v) is 13.6. The predicted molar refractivity (Wildman–Crippen MR) is 94.3 cm³/mol. The number of rotatable bonds is 4. The minimum Gasteiger partial charge on any atom is -0.379 e. The lowest BCUT2D eigenvalue weighted by Crippen LogP contribution is -2.35. The number of hydrogen-bond acceptors (Lipinski definition) is 5. The number of nitrogens with one attached hydrogen (secondary N) is 1. The van der Waals surface area contributed by atoms with E-state index in [1.165, 1.54) is 11.1 Å². The van der Waals surface area contributed by atoms with Crippen LogP contribution < -0.4 is 10.2 Å². The molecule has 2 aromatic rings. The molecule has 1 saturated heterocycles. The van der Waals surface area contributed by atoms with Crippen LogP contribution in [-0.2, 0) is 11.3 Å². The first-order valence-corrected chi connectivity index (χ1v) is 8.40. The van der Waals surface area contributed by atoms with E-state index in [4.69, 9.17) is 4.74 Å². The Morgan fingerprint density at radius 1 is 1.12 bits per heavy atom. The Kier molecular flexibility index (Phi) is 4.44. The topological polar surface area (TPSA) is 40.6 Å². The van der Waals surface area contributed by atoms with Crippen LogP contribution in [-0.4, -0.2) is 36.2 Å². The molecule has 2 aliphatic rings. The molecule has 0 aliphatic carbocycles. The Morgan fingerprint density at radius 3 is 2.71 bits per heavy atom. The molecule has 1 fully saturated rings. The molecule has 0 saturated carbocycles. The van der Waals surface area contributed by atoms with Crippen molar-refractivity contribution in [1.29, 1.82) is 0 Å². The molecule has 0 spiro atoms. The van der Waals surface area contributed by atoms with Crippen LogP contribution in [0.1, 0.15) is 17.3 Å². The van der Waals surface area contributed by atoms with Gasteiger partial charge >= 0.3 is 0 Å². The molecule has 1 aromatic carbocycles. The van der Waals surface area contributed by atoms with Crippen LogP contribution in [0, 0.1) is 0 Å². The van der Waals surface area contributed by atoms with Crippen LogP contribution in [0.4, 0.5) is 5.69 Å². The number of aromatic nitrogens is 1. The number of anilines is 1. The Labute approximate surface area is 142 Å². The van der Waals surface area contributed by atoms with Crippen LogP contribution in [0.15, 0.2) is 61.2 Å². The third-order valence-electron chi connectivity index (χ3n) is 4.52. The molecule has 2 aliphatic heterocycles. The molecular formula is C19H22N4O. The van der Waals surface area contributed by atoms with Gasteiger partial charge in [0.25, 0.3) is 0 Å². The number of ether oxygens (including phenoxy) is 1. The number of nitrogens with zero attached hydrogens (tertiary/aromatic N) is 3. The molecule has 4 rings (SSSR count). The second-order valence-electron chi connectivity index (χ2n) is 6.13. The SMILES string of the molecule is C1=CN(c2cccnc2)C(c2ccc(CN3CCOCC3)cc2)N1. The van der Waals surface area contributed by atoms with Crippen molar-refractivity contribution in [1.82, 2.24) is 15.2 Å². The summed E-state index contributed by atoms with van der Waals surface area (Å²) in [6.45, 7) is 4.72. The molecule has 1 unspecified atom stereocenters. The number of hydrogen-bond donors (Lipinski definition) is 1. The average molecular weight is 322 g/mol. The predicted octanol–water partition coefficient (Wildman–Crippen LogP) is 2.49. The minimum atomic E-state index is 0.117. The highest BCUT2D eigenvalue weighted by Crippen LogP contribution is 2.28. The van der Waals surface area contributed by atoms with E-state index in [0.717, 1.165) is 38.5 Å². The van der Waals surface area contributed by atoms with Crippen LogP contribution in [0.25, 0.3) is 0 Å². The van der Waals surface area contributed by atoms with E-state index in [-0.39, 0.29) is 6.17 Å². The molecule has 5 nitrogen and oxygen atoms in total. The standard InChI is InChI=1S/C19H22N4O/c1-2-18(14-20-7-1)23-9-8-21-19(23)17-5-3-16(4-6-17)15-22-10-12-24-13-11-22/h1-9,14,19,21H,10-13,15H2. The molecule has 0 radical (unpaired) electrons. The second kappa shape index (κ2) is 7.03. The number of pyridine rings is 1. The summed E-state index contributed by atoms with van der Waals surface area (Å²) in [7, 11) is 0. The lowest BCUT2D eigenvalue weighted by molar-refractivity contribution is 0.0342.